The minimum Gasteiger partial charge on any atom is -0.409 e. The van der Waals surface area contributed by atoms with Crippen molar-refractivity contribution in [3.63, 3.8) is 0 Å². The van der Waals surface area contributed by atoms with Gasteiger partial charge in [-0.3, -0.25) is 4.79 Å². The van der Waals surface area contributed by atoms with Crippen LogP contribution in [0.1, 0.15) is 45.4 Å². The molecule has 0 radical (unpaired) electrons. The number of piperidine rings is 1. The third-order valence-corrected chi connectivity index (χ3v) is 3.82. The second-order valence-electron chi connectivity index (χ2n) is 5.38. The molecule has 0 aromatic heterocycles. The van der Waals surface area contributed by atoms with Crippen LogP contribution in [-0.4, -0.2) is 47.5 Å². The molecule has 1 aliphatic rings. The van der Waals surface area contributed by atoms with E-state index < -0.39 is 5.54 Å². The van der Waals surface area contributed by atoms with Gasteiger partial charge >= 0.3 is 0 Å². The highest BCUT2D eigenvalue weighted by molar-refractivity contribution is 5.94. The molecule has 6 heteroatoms. The molecule has 0 unspecified atom stereocenters. The number of oxime groups is 1. The van der Waals surface area contributed by atoms with Crippen LogP contribution < -0.4 is 11.1 Å². The molecular formula is C13H26N4O2. The number of amidine groups is 1. The smallest absolute Gasteiger partial charge is 0.220 e. The molecule has 0 spiro atoms. The number of nitrogens with zero attached hydrogens (tertiary/aromatic N) is 2. The molecule has 0 bridgehead atoms. The highest BCUT2D eigenvalue weighted by Gasteiger charge is 2.39. The normalized spacial score (nSPS) is 20.2. The predicted octanol–water partition coefficient (Wildman–Crippen LogP) is 0.894. The van der Waals surface area contributed by atoms with Gasteiger partial charge in [-0.25, -0.2) is 0 Å². The molecule has 0 atom stereocenters. The van der Waals surface area contributed by atoms with E-state index in [2.05, 4.69) is 22.3 Å². The summed E-state index contributed by atoms with van der Waals surface area (Å²) in [5.41, 5.74) is 5.12. The summed E-state index contributed by atoms with van der Waals surface area (Å²) in [4.78, 5) is 14.1. The van der Waals surface area contributed by atoms with Crippen LogP contribution in [0.3, 0.4) is 0 Å². The quantitative estimate of drug-likeness (QED) is 0.220. The summed E-state index contributed by atoms with van der Waals surface area (Å²) < 4.78 is 0. The number of unbranched alkanes of at least 4 members (excludes halogenated alkanes) is 2. The minimum absolute atomic E-state index is 0.00963. The molecule has 0 aliphatic carbocycles. The Labute approximate surface area is 115 Å². The first-order valence-corrected chi connectivity index (χ1v) is 7.01. The molecule has 1 amide bonds. The Morgan fingerprint density at radius 1 is 1.42 bits per heavy atom. The topological polar surface area (TPSA) is 91.0 Å². The van der Waals surface area contributed by atoms with Crippen molar-refractivity contribution in [3.8, 4) is 0 Å². The second-order valence-corrected chi connectivity index (χ2v) is 5.38. The van der Waals surface area contributed by atoms with E-state index in [-0.39, 0.29) is 11.7 Å². The van der Waals surface area contributed by atoms with Gasteiger partial charge in [-0.15, -0.1) is 0 Å². The Kier molecular flexibility index (Phi) is 6.08. The predicted molar refractivity (Wildman–Crippen MR) is 75.2 cm³/mol. The van der Waals surface area contributed by atoms with E-state index in [0.29, 0.717) is 19.3 Å². The molecule has 1 aliphatic heterocycles. The van der Waals surface area contributed by atoms with E-state index in [1.807, 2.05) is 7.05 Å². The lowest BCUT2D eigenvalue weighted by Crippen LogP contribution is -2.62. The van der Waals surface area contributed by atoms with E-state index in [4.69, 9.17) is 10.9 Å². The maximum atomic E-state index is 12.0. The molecule has 1 rings (SSSR count). The molecule has 0 aromatic rings. The Bertz CT molecular complexity index is 323. The summed E-state index contributed by atoms with van der Waals surface area (Å²) >= 11 is 0. The number of nitrogens with two attached hydrogens (primary N) is 1. The van der Waals surface area contributed by atoms with Crippen LogP contribution >= 0.6 is 0 Å². The van der Waals surface area contributed by atoms with Gasteiger partial charge in [0, 0.05) is 19.5 Å². The van der Waals surface area contributed by atoms with Gasteiger partial charge in [0.2, 0.25) is 5.91 Å². The Balaban J connectivity index is 2.63. The lowest BCUT2D eigenvalue weighted by Gasteiger charge is -2.40. The summed E-state index contributed by atoms with van der Waals surface area (Å²) in [6.07, 6.45) is 4.88. The average molecular weight is 270 g/mol. The summed E-state index contributed by atoms with van der Waals surface area (Å²) in [5, 5.41) is 15.0. The monoisotopic (exact) mass is 270 g/mol. The highest BCUT2D eigenvalue weighted by Crippen LogP contribution is 2.22. The van der Waals surface area contributed by atoms with Crippen molar-refractivity contribution in [1.29, 1.82) is 0 Å². The number of hydrogen-bond donors (Lipinski definition) is 3. The zero-order valence-electron chi connectivity index (χ0n) is 12.0. The van der Waals surface area contributed by atoms with Crippen LogP contribution in [0.5, 0.6) is 0 Å². The SMILES string of the molecule is CCCCCC(=O)NC1(/C(N)=N/O)CCN(C)CC1. The van der Waals surface area contributed by atoms with Gasteiger partial charge < -0.3 is 21.2 Å². The summed E-state index contributed by atoms with van der Waals surface area (Å²) in [7, 11) is 2.03. The highest BCUT2D eigenvalue weighted by atomic mass is 16.4. The molecule has 1 heterocycles. The van der Waals surface area contributed by atoms with Gasteiger partial charge in [-0.05, 0) is 26.3 Å². The van der Waals surface area contributed by atoms with Crippen LogP contribution in [0.4, 0.5) is 0 Å². The molecule has 0 saturated carbocycles. The summed E-state index contributed by atoms with van der Waals surface area (Å²) in [5.74, 6) is 0.106. The largest absolute Gasteiger partial charge is 0.409 e. The fourth-order valence-corrected chi connectivity index (χ4v) is 2.41. The van der Waals surface area contributed by atoms with E-state index in [0.717, 1.165) is 32.4 Å². The number of amides is 1. The van der Waals surface area contributed by atoms with Crippen molar-refractivity contribution in [2.45, 2.75) is 51.0 Å². The van der Waals surface area contributed by atoms with E-state index in [1.54, 1.807) is 0 Å². The molecule has 0 aromatic carbocycles. The Hall–Kier alpha value is -1.30. The number of nitrogens with one attached hydrogen (secondary N) is 1. The van der Waals surface area contributed by atoms with Crippen molar-refractivity contribution >= 4 is 11.7 Å². The van der Waals surface area contributed by atoms with E-state index in [9.17, 15) is 4.79 Å². The first-order valence-electron chi connectivity index (χ1n) is 7.01. The van der Waals surface area contributed by atoms with Crippen molar-refractivity contribution in [3.05, 3.63) is 0 Å². The molecule has 4 N–H and O–H groups in total. The van der Waals surface area contributed by atoms with Gasteiger partial charge in [0.15, 0.2) is 5.84 Å². The Morgan fingerprint density at radius 2 is 2.05 bits per heavy atom. The summed E-state index contributed by atoms with van der Waals surface area (Å²) in [6, 6.07) is 0. The molecule has 110 valence electrons. The standard InChI is InChI=1S/C13H26N4O2/c1-3-4-5-6-11(18)15-13(12(14)16-19)7-9-17(2)10-8-13/h19H,3-10H2,1-2H3,(H2,14,16)(H,15,18). The number of likely N-dealkylation sites (tertiary alicyclic amines) is 1. The third kappa shape index (κ3) is 4.38. The summed E-state index contributed by atoms with van der Waals surface area (Å²) in [6.45, 7) is 3.75. The molecule has 1 fully saturated rings. The van der Waals surface area contributed by atoms with Crippen LogP contribution in [0.15, 0.2) is 5.16 Å². The minimum atomic E-state index is -0.676. The average Bonchev–Trinajstić information content (AvgIpc) is 2.41. The van der Waals surface area contributed by atoms with Gasteiger partial charge in [0.05, 0.1) is 0 Å². The van der Waals surface area contributed by atoms with Crippen LogP contribution in [0.2, 0.25) is 0 Å². The fourth-order valence-electron chi connectivity index (χ4n) is 2.41. The number of carbonyl (C=O) groups is 1. The number of carbonyl (C=O) groups excluding carboxylic acids is 1. The number of rotatable bonds is 6. The zero-order chi connectivity index (χ0) is 14.3. The fraction of sp³-hybridized carbons (Fsp3) is 0.846. The molecular weight excluding hydrogens is 244 g/mol. The van der Waals surface area contributed by atoms with E-state index >= 15 is 0 Å². The van der Waals surface area contributed by atoms with Crippen LogP contribution in [-0.2, 0) is 4.79 Å². The van der Waals surface area contributed by atoms with Crippen molar-refractivity contribution in [1.82, 2.24) is 10.2 Å². The zero-order valence-corrected chi connectivity index (χ0v) is 12.0. The number of hydrogen-bond acceptors (Lipinski definition) is 4. The van der Waals surface area contributed by atoms with Gasteiger partial charge in [0.1, 0.15) is 5.54 Å². The first-order chi connectivity index (χ1) is 9.04. The van der Waals surface area contributed by atoms with Gasteiger partial charge in [0.25, 0.3) is 0 Å². The maximum absolute atomic E-state index is 12.0. The maximum Gasteiger partial charge on any atom is 0.220 e. The molecule has 1 saturated heterocycles. The second kappa shape index (κ2) is 7.33. The van der Waals surface area contributed by atoms with Crippen molar-refractivity contribution in [2.75, 3.05) is 20.1 Å². The molecule has 6 nitrogen and oxygen atoms in total. The van der Waals surface area contributed by atoms with Gasteiger partial charge in [-0.2, -0.15) is 0 Å². The van der Waals surface area contributed by atoms with Crippen LogP contribution in [0.25, 0.3) is 0 Å². The lowest BCUT2D eigenvalue weighted by molar-refractivity contribution is -0.122. The first kappa shape index (κ1) is 15.8. The van der Waals surface area contributed by atoms with Gasteiger partial charge in [-0.1, -0.05) is 24.9 Å². The van der Waals surface area contributed by atoms with Crippen molar-refractivity contribution in [2.24, 2.45) is 10.9 Å². The Morgan fingerprint density at radius 3 is 2.58 bits per heavy atom. The van der Waals surface area contributed by atoms with Crippen LogP contribution in [0, 0.1) is 0 Å². The van der Waals surface area contributed by atoms with E-state index in [1.165, 1.54) is 0 Å². The molecule has 19 heavy (non-hydrogen) atoms. The van der Waals surface area contributed by atoms with Crippen molar-refractivity contribution < 1.29 is 10.0 Å². The third-order valence-electron chi connectivity index (χ3n) is 3.82. The lowest BCUT2D eigenvalue weighted by atomic mass is 9.86.